The van der Waals surface area contributed by atoms with Gasteiger partial charge in [0, 0.05) is 47.9 Å². The first kappa shape index (κ1) is 16.1. The average molecular weight is 359 g/mol. The van der Waals surface area contributed by atoms with Crippen LogP contribution in [0.5, 0.6) is 0 Å². The molecule has 136 valence electrons. The first-order chi connectivity index (χ1) is 13.2. The Morgan fingerprint density at radius 2 is 1.96 bits per heavy atom. The number of aromatic amines is 1. The van der Waals surface area contributed by atoms with Crippen LogP contribution in [0.3, 0.4) is 0 Å². The quantitative estimate of drug-likeness (QED) is 0.595. The van der Waals surface area contributed by atoms with Crippen molar-refractivity contribution >= 4 is 22.5 Å². The Labute approximate surface area is 156 Å². The van der Waals surface area contributed by atoms with E-state index in [9.17, 15) is 4.79 Å². The van der Waals surface area contributed by atoms with E-state index >= 15 is 0 Å². The van der Waals surface area contributed by atoms with Crippen molar-refractivity contribution in [2.24, 2.45) is 0 Å². The summed E-state index contributed by atoms with van der Waals surface area (Å²) >= 11 is 0. The normalized spacial score (nSPS) is 15.7. The molecule has 0 aliphatic carbocycles. The lowest BCUT2D eigenvalue weighted by Gasteiger charge is -2.32. The molecule has 0 unspecified atom stereocenters. The number of hydrogen-bond acceptors (Lipinski definition) is 3. The Kier molecular flexibility index (Phi) is 3.70. The van der Waals surface area contributed by atoms with Crippen LogP contribution in [0.25, 0.3) is 16.6 Å². The van der Waals surface area contributed by atoms with E-state index in [0.717, 1.165) is 48.2 Å². The number of fused-ring (bicyclic) bond motifs is 2. The molecule has 3 aromatic heterocycles. The monoisotopic (exact) mass is 359 g/mol. The SMILES string of the molecule is Cc1cc2nccc(C3CCN(C(=O)c4cc5ccccc5[nH]4)CC3)n2n1. The lowest BCUT2D eigenvalue weighted by atomic mass is 9.93. The standard InChI is InChI=1S/C21H21N5O/c1-14-12-20-22-9-6-19(26(20)24-14)15-7-10-25(11-8-15)21(27)18-13-16-4-2-3-5-17(16)23-18/h2-6,9,12-13,15,23H,7-8,10-11H2,1H3. The summed E-state index contributed by atoms with van der Waals surface area (Å²) in [5.41, 5.74) is 4.72. The third kappa shape index (κ3) is 2.77. The molecule has 0 atom stereocenters. The van der Waals surface area contributed by atoms with Crippen molar-refractivity contribution in [2.75, 3.05) is 13.1 Å². The predicted octanol–water partition coefficient (Wildman–Crippen LogP) is 3.54. The lowest BCUT2D eigenvalue weighted by Crippen LogP contribution is -2.38. The van der Waals surface area contributed by atoms with E-state index in [-0.39, 0.29) is 5.91 Å². The Morgan fingerprint density at radius 1 is 1.15 bits per heavy atom. The van der Waals surface area contributed by atoms with E-state index in [1.807, 2.05) is 58.9 Å². The van der Waals surface area contributed by atoms with Gasteiger partial charge < -0.3 is 9.88 Å². The third-order valence-corrected chi connectivity index (χ3v) is 5.47. The molecule has 0 bridgehead atoms. The average Bonchev–Trinajstić information content (AvgIpc) is 3.29. The van der Waals surface area contributed by atoms with E-state index in [0.29, 0.717) is 11.6 Å². The van der Waals surface area contributed by atoms with Crippen LogP contribution in [0, 0.1) is 6.92 Å². The molecule has 0 saturated carbocycles. The van der Waals surface area contributed by atoms with Crippen LogP contribution in [0.15, 0.2) is 48.7 Å². The predicted molar refractivity (Wildman–Crippen MR) is 104 cm³/mol. The molecule has 1 aromatic carbocycles. The summed E-state index contributed by atoms with van der Waals surface area (Å²) in [6.07, 6.45) is 3.72. The van der Waals surface area contributed by atoms with Gasteiger partial charge in [0.1, 0.15) is 5.69 Å². The fourth-order valence-corrected chi connectivity index (χ4v) is 4.07. The number of hydrogen-bond donors (Lipinski definition) is 1. The summed E-state index contributed by atoms with van der Waals surface area (Å²) in [6.45, 7) is 3.49. The molecule has 5 rings (SSSR count). The van der Waals surface area contributed by atoms with E-state index in [1.165, 1.54) is 5.69 Å². The molecule has 1 N–H and O–H groups in total. The Morgan fingerprint density at radius 3 is 2.78 bits per heavy atom. The number of amides is 1. The number of aromatic nitrogens is 4. The molecule has 27 heavy (non-hydrogen) atoms. The number of piperidine rings is 1. The van der Waals surface area contributed by atoms with E-state index in [1.54, 1.807) is 0 Å². The largest absolute Gasteiger partial charge is 0.351 e. The van der Waals surface area contributed by atoms with Crippen molar-refractivity contribution < 1.29 is 4.79 Å². The Bertz CT molecular complexity index is 1100. The second-order valence-electron chi connectivity index (χ2n) is 7.26. The molecule has 1 amide bonds. The van der Waals surface area contributed by atoms with Crippen molar-refractivity contribution in [3.63, 3.8) is 0 Å². The number of aryl methyl sites for hydroxylation is 1. The summed E-state index contributed by atoms with van der Waals surface area (Å²) in [6, 6.07) is 14.0. The van der Waals surface area contributed by atoms with Gasteiger partial charge in [0.25, 0.3) is 5.91 Å². The number of H-pyrrole nitrogens is 1. The molecule has 1 aliphatic rings. The molecule has 1 saturated heterocycles. The fraction of sp³-hybridized carbons (Fsp3) is 0.286. The Balaban J connectivity index is 1.34. The molecule has 1 aliphatic heterocycles. The molecular weight excluding hydrogens is 338 g/mol. The highest BCUT2D eigenvalue weighted by Crippen LogP contribution is 2.29. The minimum Gasteiger partial charge on any atom is -0.351 e. The molecule has 6 heteroatoms. The van der Waals surface area contributed by atoms with Gasteiger partial charge in [0.05, 0.1) is 5.69 Å². The van der Waals surface area contributed by atoms with Gasteiger partial charge >= 0.3 is 0 Å². The highest BCUT2D eigenvalue weighted by atomic mass is 16.2. The molecule has 6 nitrogen and oxygen atoms in total. The van der Waals surface area contributed by atoms with Gasteiger partial charge in [-0.25, -0.2) is 9.50 Å². The summed E-state index contributed by atoms with van der Waals surface area (Å²) in [4.78, 5) is 22.5. The van der Waals surface area contributed by atoms with Crippen LogP contribution in [-0.2, 0) is 0 Å². The van der Waals surface area contributed by atoms with Crippen LogP contribution in [0.4, 0.5) is 0 Å². The van der Waals surface area contributed by atoms with Gasteiger partial charge in [0.2, 0.25) is 0 Å². The zero-order valence-electron chi connectivity index (χ0n) is 15.2. The molecule has 4 heterocycles. The van der Waals surface area contributed by atoms with Gasteiger partial charge in [-0.3, -0.25) is 4.79 Å². The van der Waals surface area contributed by atoms with Gasteiger partial charge in [-0.1, -0.05) is 18.2 Å². The number of carbonyl (C=O) groups excluding carboxylic acids is 1. The molecule has 1 fully saturated rings. The van der Waals surface area contributed by atoms with Crippen molar-refractivity contribution in [3.05, 3.63) is 65.7 Å². The van der Waals surface area contributed by atoms with Crippen LogP contribution in [-0.4, -0.2) is 43.5 Å². The second-order valence-corrected chi connectivity index (χ2v) is 7.26. The highest BCUT2D eigenvalue weighted by molar-refractivity contribution is 5.98. The minimum atomic E-state index is 0.0828. The van der Waals surface area contributed by atoms with Crippen molar-refractivity contribution in [2.45, 2.75) is 25.7 Å². The first-order valence-corrected chi connectivity index (χ1v) is 9.37. The van der Waals surface area contributed by atoms with Crippen LogP contribution < -0.4 is 0 Å². The summed E-state index contributed by atoms with van der Waals surface area (Å²) < 4.78 is 1.95. The van der Waals surface area contributed by atoms with Gasteiger partial charge in [-0.2, -0.15) is 5.10 Å². The first-order valence-electron chi connectivity index (χ1n) is 9.37. The third-order valence-electron chi connectivity index (χ3n) is 5.47. The van der Waals surface area contributed by atoms with Crippen molar-refractivity contribution in [1.29, 1.82) is 0 Å². The van der Waals surface area contributed by atoms with Crippen molar-refractivity contribution in [3.8, 4) is 0 Å². The van der Waals surface area contributed by atoms with Crippen LogP contribution >= 0.6 is 0 Å². The molecular formula is C21H21N5O. The maximum atomic E-state index is 12.9. The molecule has 4 aromatic rings. The molecule has 0 spiro atoms. The van der Waals surface area contributed by atoms with Crippen LogP contribution in [0.1, 0.15) is 40.6 Å². The zero-order chi connectivity index (χ0) is 18.4. The summed E-state index contributed by atoms with van der Waals surface area (Å²) in [5, 5.41) is 5.66. The molecule has 0 radical (unpaired) electrons. The fourth-order valence-electron chi connectivity index (χ4n) is 4.07. The van der Waals surface area contributed by atoms with Crippen molar-refractivity contribution in [1.82, 2.24) is 24.5 Å². The smallest absolute Gasteiger partial charge is 0.270 e. The van der Waals surface area contributed by atoms with E-state index in [2.05, 4.69) is 21.1 Å². The minimum absolute atomic E-state index is 0.0828. The van der Waals surface area contributed by atoms with Gasteiger partial charge in [0.15, 0.2) is 5.65 Å². The van der Waals surface area contributed by atoms with Crippen LogP contribution in [0.2, 0.25) is 0 Å². The lowest BCUT2D eigenvalue weighted by molar-refractivity contribution is 0.0706. The maximum absolute atomic E-state index is 12.9. The number of nitrogens with zero attached hydrogens (tertiary/aromatic N) is 4. The van der Waals surface area contributed by atoms with Gasteiger partial charge in [-0.05, 0) is 38.0 Å². The number of carbonyl (C=O) groups is 1. The number of benzene rings is 1. The summed E-state index contributed by atoms with van der Waals surface area (Å²) in [7, 11) is 0. The number of para-hydroxylation sites is 1. The zero-order valence-corrected chi connectivity index (χ0v) is 15.2. The second kappa shape index (κ2) is 6.23. The topological polar surface area (TPSA) is 66.3 Å². The van der Waals surface area contributed by atoms with E-state index in [4.69, 9.17) is 0 Å². The number of rotatable bonds is 2. The Hall–Kier alpha value is -3.15. The number of likely N-dealkylation sites (tertiary alicyclic amines) is 1. The maximum Gasteiger partial charge on any atom is 0.270 e. The number of nitrogens with one attached hydrogen (secondary N) is 1. The van der Waals surface area contributed by atoms with Gasteiger partial charge in [-0.15, -0.1) is 0 Å². The highest BCUT2D eigenvalue weighted by Gasteiger charge is 2.27. The van der Waals surface area contributed by atoms with E-state index < -0.39 is 0 Å². The summed E-state index contributed by atoms with van der Waals surface area (Å²) in [5.74, 6) is 0.473.